The maximum absolute atomic E-state index is 12.8. The number of halogens is 3. The molecule has 1 aromatic carbocycles. The van der Waals surface area contributed by atoms with E-state index in [0.717, 1.165) is 6.07 Å². The van der Waals surface area contributed by atoms with Gasteiger partial charge in [0.1, 0.15) is 12.4 Å². The second-order valence-electron chi connectivity index (χ2n) is 3.71. The Morgan fingerprint density at radius 3 is 2.47 bits per heavy atom. The molecule has 100 valence electrons. The maximum atomic E-state index is 12.8. The minimum Gasteiger partial charge on any atom is -0.485 e. The Balaban J connectivity index is 2.21. The first-order valence-electron chi connectivity index (χ1n) is 5.32. The van der Waals surface area contributed by atoms with Gasteiger partial charge in [-0.05, 0) is 24.3 Å². The molecule has 1 heterocycles. The Labute approximate surface area is 107 Å². The van der Waals surface area contributed by atoms with Crippen molar-refractivity contribution >= 4 is 5.69 Å². The Morgan fingerprint density at radius 1 is 1.16 bits per heavy atom. The van der Waals surface area contributed by atoms with Crippen LogP contribution < -0.4 is 10.5 Å². The zero-order valence-electron chi connectivity index (χ0n) is 9.69. The summed E-state index contributed by atoms with van der Waals surface area (Å²) in [6, 6.07) is 4.96. The highest BCUT2D eigenvalue weighted by Crippen LogP contribution is 2.37. The van der Waals surface area contributed by atoms with Crippen LogP contribution in [0.25, 0.3) is 0 Å². The summed E-state index contributed by atoms with van der Waals surface area (Å²) in [5.74, 6) is 0.00148. The molecule has 0 aliphatic heterocycles. The lowest BCUT2D eigenvalue weighted by Crippen LogP contribution is -2.10. The van der Waals surface area contributed by atoms with Crippen molar-refractivity contribution < 1.29 is 17.9 Å². The first-order chi connectivity index (χ1) is 8.97. The highest BCUT2D eigenvalue weighted by molar-refractivity contribution is 5.49. The number of nitrogen functional groups attached to an aromatic ring is 1. The molecule has 2 aromatic rings. The summed E-state index contributed by atoms with van der Waals surface area (Å²) < 4.78 is 43.5. The zero-order chi connectivity index (χ0) is 13.9. The maximum Gasteiger partial charge on any atom is 0.420 e. The molecule has 0 atom stereocenters. The molecule has 0 unspecified atom stereocenters. The number of nitrogens with zero attached hydrogens (tertiary/aromatic N) is 2. The first kappa shape index (κ1) is 13.1. The number of ether oxygens (including phenoxy) is 1. The van der Waals surface area contributed by atoms with Crippen molar-refractivity contribution in [2.24, 2.45) is 0 Å². The summed E-state index contributed by atoms with van der Waals surface area (Å²) in [5.41, 5.74) is 4.46. The van der Waals surface area contributed by atoms with Crippen LogP contribution in [-0.2, 0) is 12.8 Å². The number of aromatic nitrogens is 2. The average Bonchev–Trinajstić information content (AvgIpc) is 2.37. The van der Waals surface area contributed by atoms with Crippen LogP contribution in [0.1, 0.15) is 11.4 Å². The molecule has 0 amide bonds. The summed E-state index contributed by atoms with van der Waals surface area (Å²) in [6.45, 7) is -0.145. The monoisotopic (exact) mass is 269 g/mol. The number of anilines is 1. The van der Waals surface area contributed by atoms with Gasteiger partial charge in [-0.3, -0.25) is 0 Å². The first-order valence-corrected chi connectivity index (χ1v) is 5.32. The SMILES string of the molecule is Nc1ccc(OCc2ncccn2)c(C(F)(F)F)c1. The van der Waals surface area contributed by atoms with Gasteiger partial charge in [0.15, 0.2) is 5.82 Å². The van der Waals surface area contributed by atoms with Crippen LogP contribution in [0.5, 0.6) is 5.75 Å². The molecule has 0 spiro atoms. The Kier molecular flexibility index (Phi) is 3.55. The summed E-state index contributed by atoms with van der Waals surface area (Å²) in [4.78, 5) is 7.72. The van der Waals surface area contributed by atoms with E-state index in [1.54, 1.807) is 6.07 Å². The molecule has 1 aromatic heterocycles. The van der Waals surface area contributed by atoms with E-state index in [1.165, 1.54) is 24.5 Å². The summed E-state index contributed by atoms with van der Waals surface area (Å²) >= 11 is 0. The van der Waals surface area contributed by atoms with E-state index >= 15 is 0 Å². The second kappa shape index (κ2) is 5.13. The standard InChI is InChI=1S/C12H10F3N3O/c13-12(14,15)9-6-8(16)2-3-10(9)19-7-11-17-4-1-5-18-11/h1-6H,7,16H2. The van der Waals surface area contributed by atoms with Gasteiger partial charge >= 0.3 is 6.18 Å². The molecule has 19 heavy (non-hydrogen) atoms. The van der Waals surface area contributed by atoms with E-state index in [-0.39, 0.29) is 18.0 Å². The Morgan fingerprint density at radius 2 is 1.84 bits per heavy atom. The minimum atomic E-state index is -4.53. The van der Waals surface area contributed by atoms with Crippen LogP contribution in [0.2, 0.25) is 0 Å². The number of hydrogen-bond donors (Lipinski definition) is 1. The van der Waals surface area contributed by atoms with Crippen LogP contribution in [0, 0.1) is 0 Å². The summed E-state index contributed by atoms with van der Waals surface area (Å²) in [6.07, 6.45) is -1.55. The lowest BCUT2D eigenvalue weighted by Gasteiger charge is -2.14. The predicted molar refractivity (Wildman–Crippen MR) is 62.2 cm³/mol. The second-order valence-corrected chi connectivity index (χ2v) is 3.71. The molecule has 7 heteroatoms. The smallest absolute Gasteiger partial charge is 0.420 e. The van der Waals surface area contributed by atoms with E-state index in [4.69, 9.17) is 10.5 Å². The molecular weight excluding hydrogens is 259 g/mol. The van der Waals surface area contributed by atoms with Gasteiger partial charge in [-0.1, -0.05) is 0 Å². The third-order valence-corrected chi connectivity index (χ3v) is 2.29. The summed E-state index contributed by atoms with van der Waals surface area (Å²) in [5, 5.41) is 0. The van der Waals surface area contributed by atoms with Crippen LogP contribution in [0.15, 0.2) is 36.7 Å². The van der Waals surface area contributed by atoms with Crippen molar-refractivity contribution in [1.29, 1.82) is 0 Å². The fourth-order valence-electron chi connectivity index (χ4n) is 1.44. The molecule has 0 radical (unpaired) electrons. The lowest BCUT2D eigenvalue weighted by atomic mass is 10.1. The van der Waals surface area contributed by atoms with Gasteiger partial charge in [-0.15, -0.1) is 0 Å². The van der Waals surface area contributed by atoms with Crippen LogP contribution in [-0.4, -0.2) is 9.97 Å². The van der Waals surface area contributed by atoms with Gasteiger partial charge in [-0.25, -0.2) is 9.97 Å². The largest absolute Gasteiger partial charge is 0.485 e. The number of alkyl halides is 3. The summed E-state index contributed by atoms with van der Waals surface area (Å²) in [7, 11) is 0. The average molecular weight is 269 g/mol. The number of nitrogens with two attached hydrogens (primary N) is 1. The van der Waals surface area contributed by atoms with E-state index < -0.39 is 11.7 Å². The van der Waals surface area contributed by atoms with Gasteiger partial charge in [0, 0.05) is 18.1 Å². The Hall–Kier alpha value is -2.31. The van der Waals surface area contributed by atoms with Gasteiger partial charge in [-0.2, -0.15) is 13.2 Å². The van der Waals surface area contributed by atoms with Gasteiger partial charge in [0.25, 0.3) is 0 Å². The topological polar surface area (TPSA) is 61.0 Å². The molecular formula is C12H10F3N3O. The van der Waals surface area contributed by atoms with E-state index in [9.17, 15) is 13.2 Å². The molecule has 0 aliphatic carbocycles. The molecule has 2 rings (SSSR count). The van der Waals surface area contributed by atoms with Crippen molar-refractivity contribution in [2.45, 2.75) is 12.8 Å². The van der Waals surface area contributed by atoms with Crippen LogP contribution in [0.4, 0.5) is 18.9 Å². The van der Waals surface area contributed by atoms with E-state index in [2.05, 4.69) is 9.97 Å². The lowest BCUT2D eigenvalue weighted by molar-refractivity contribution is -0.139. The van der Waals surface area contributed by atoms with Gasteiger partial charge in [0.05, 0.1) is 5.56 Å². The molecule has 0 saturated heterocycles. The fourth-order valence-corrected chi connectivity index (χ4v) is 1.44. The normalized spacial score (nSPS) is 11.3. The van der Waals surface area contributed by atoms with Crippen molar-refractivity contribution in [1.82, 2.24) is 9.97 Å². The van der Waals surface area contributed by atoms with Crippen molar-refractivity contribution in [3.8, 4) is 5.75 Å². The highest BCUT2D eigenvalue weighted by atomic mass is 19.4. The highest BCUT2D eigenvalue weighted by Gasteiger charge is 2.34. The molecule has 2 N–H and O–H groups in total. The fraction of sp³-hybridized carbons (Fsp3) is 0.167. The minimum absolute atomic E-state index is 0.0237. The van der Waals surface area contributed by atoms with Crippen LogP contribution in [0.3, 0.4) is 0 Å². The predicted octanol–water partition coefficient (Wildman–Crippen LogP) is 2.66. The molecule has 0 aliphatic rings. The molecule has 0 bridgehead atoms. The molecule has 0 fully saturated rings. The number of rotatable bonds is 3. The Bertz CT molecular complexity index is 558. The quantitative estimate of drug-likeness (QED) is 0.870. The third-order valence-electron chi connectivity index (χ3n) is 2.29. The van der Waals surface area contributed by atoms with Gasteiger partial charge in [0.2, 0.25) is 0 Å². The number of benzene rings is 1. The van der Waals surface area contributed by atoms with Gasteiger partial charge < -0.3 is 10.5 Å². The van der Waals surface area contributed by atoms with Crippen molar-refractivity contribution in [3.63, 3.8) is 0 Å². The van der Waals surface area contributed by atoms with Crippen LogP contribution >= 0.6 is 0 Å². The number of hydrogen-bond acceptors (Lipinski definition) is 4. The van der Waals surface area contributed by atoms with Crippen molar-refractivity contribution in [3.05, 3.63) is 48.0 Å². The molecule has 0 saturated carbocycles. The van der Waals surface area contributed by atoms with E-state index in [0.29, 0.717) is 5.82 Å². The third kappa shape index (κ3) is 3.34. The molecule has 4 nitrogen and oxygen atoms in total. The zero-order valence-corrected chi connectivity index (χ0v) is 9.69. The van der Waals surface area contributed by atoms with Crippen molar-refractivity contribution in [2.75, 3.05) is 5.73 Å². The van der Waals surface area contributed by atoms with E-state index in [1.807, 2.05) is 0 Å².